The minimum absolute atomic E-state index is 0.0187. The van der Waals surface area contributed by atoms with E-state index in [0.29, 0.717) is 6.61 Å². The summed E-state index contributed by atoms with van der Waals surface area (Å²) in [7, 11) is 1.72. The highest BCUT2D eigenvalue weighted by Crippen LogP contribution is 2.23. The fourth-order valence-electron chi connectivity index (χ4n) is 1.76. The van der Waals surface area contributed by atoms with Crippen molar-refractivity contribution in [3.05, 3.63) is 30.1 Å². The highest BCUT2D eigenvalue weighted by molar-refractivity contribution is 5.14. The van der Waals surface area contributed by atoms with Crippen molar-refractivity contribution in [3.8, 4) is 0 Å². The van der Waals surface area contributed by atoms with E-state index in [1.165, 1.54) is 0 Å². The van der Waals surface area contributed by atoms with Crippen LogP contribution in [0.25, 0.3) is 0 Å². The van der Waals surface area contributed by atoms with Crippen LogP contribution in [0.4, 0.5) is 0 Å². The van der Waals surface area contributed by atoms with Crippen molar-refractivity contribution >= 4 is 0 Å². The summed E-state index contributed by atoms with van der Waals surface area (Å²) < 4.78 is 11.4. The zero-order chi connectivity index (χ0) is 14.3. The molecule has 1 rings (SSSR count). The maximum atomic E-state index is 6.15. The van der Waals surface area contributed by atoms with E-state index in [2.05, 4.69) is 25.8 Å². The van der Waals surface area contributed by atoms with Crippen LogP contribution in [0.1, 0.15) is 45.3 Å². The van der Waals surface area contributed by atoms with Gasteiger partial charge in [0, 0.05) is 31.1 Å². The van der Waals surface area contributed by atoms with Gasteiger partial charge in [-0.2, -0.15) is 0 Å². The topological polar surface area (TPSA) is 57.4 Å². The maximum absolute atomic E-state index is 6.15. The third-order valence-corrected chi connectivity index (χ3v) is 3.43. The van der Waals surface area contributed by atoms with Crippen LogP contribution in [0, 0.1) is 0 Å². The van der Waals surface area contributed by atoms with Gasteiger partial charge < -0.3 is 15.2 Å². The van der Waals surface area contributed by atoms with Crippen LogP contribution in [-0.2, 0) is 9.47 Å². The average Bonchev–Trinajstić information content (AvgIpc) is 2.44. The van der Waals surface area contributed by atoms with Crippen molar-refractivity contribution in [2.75, 3.05) is 13.7 Å². The first-order valence-corrected chi connectivity index (χ1v) is 6.82. The fourth-order valence-corrected chi connectivity index (χ4v) is 1.76. The Kier molecular flexibility index (Phi) is 6.42. The molecule has 0 aromatic carbocycles. The highest BCUT2D eigenvalue weighted by Gasteiger charge is 2.22. The average molecular weight is 266 g/mol. The first kappa shape index (κ1) is 16.1. The summed E-state index contributed by atoms with van der Waals surface area (Å²) in [5.41, 5.74) is 7.01. The Morgan fingerprint density at radius 1 is 1.42 bits per heavy atom. The molecule has 0 amide bonds. The Hall–Kier alpha value is -0.970. The summed E-state index contributed by atoms with van der Waals surface area (Å²) in [6.45, 7) is 6.79. The van der Waals surface area contributed by atoms with Gasteiger partial charge in [0.1, 0.15) is 0 Å². The van der Waals surface area contributed by atoms with Crippen molar-refractivity contribution in [3.63, 3.8) is 0 Å². The lowest BCUT2D eigenvalue weighted by atomic mass is 10.0. The predicted octanol–water partition coefficient (Wildman–Crippen LogP) is 2.69. The van der Waals surface area contributed by atoms with Crippen molar-refractivity contribution in [2.24, 2.45) is 5.73 Å². The molecule has 4 heteroatoms. The minimum atomic E-state index is -0.171. The van der Waals surface area contributed by atoms with Gasteiger partial charge in [0.15, 0.2) is 0 Å². The molecule has 19 heavy (non-hydrogen) atoms. The first-order valence-electron chi connectivity index (χ1n) is 6.82. The van der Waals surface area contributed by atoms with Gasteiger partial charge in [-0.05, 0) is 32.8 Å². The van der Waals surface area contributed by atoms with Crippen LogP contribution >= 0.6 is 0 Å². The number of methoxy groups -OCH3 is 1. The second kappa shape index (κ2) is 7.58. The normalized spacial score (nSPS) is 15.2. The van der Waals surface area contributed by atoms with Crippen LogP contribution in [0.2, 0.25) is 0 Å². The molecule has 0 bridgehead atoms. The van der Waals surface area contributed by atoms with Crippen LogP contribution in [0.5, 0.6) is 0 Å². The van der Waals surface area contributed by atoms with Crippen LogP contribution in [0.15, 0.2) is 24.5 Å². The van der Waals surface area contributed by atoms with Crippen molar-refractivity contribution < 1.29 is 9.47 Å². The number of hydrogen-bond acceptors (Lipinski definition) is 4. The molecule has 0 fully saturated rings. The van der Waals surface area contributed by atoms with Gasteiger partial charge in [-0.25, -0.2) is 0 Å². The third-order valence-electron chi connectivity index (χ3n) is 3.43. The SMILES string of the molecule is CCC(N)C(OCCC(C)(C)OC)c1cccnc1. The summed E-state index contributed by atoms with van der Waals surface area (Å²) >= 11 is 0. The second-order valence-electron chi connectivity index (χ2n) is 5.36. The van der Waals surface area contributed by atoms with Gasteiger partial charge in [0.25, 0.3) is 0 Å². The van der Waals surface area contributed by atoms with Gasteiger partial charge in [-0.15, -0.1) is 0 Å². The molecule has 2 atom stereocenters. The van der Waals surface area contributed by atoms with E-state index in [-0.39, 0.29) is 17.7 Å². The quantitative estimate of drug-likeness (QED) is 0.786. The second-order valence-corrected chi connectivity index (χ2v) is 5.36. The molecule has 0 spiro atoms. The molecule has 0 aliphatic rings. The van der Waals surface area contributed by atoms with E-state index in [9.17, 15) is 0 Å². The summed E-state index contributed by atoms with van der Waals surface area (Å²) in [5, 5.41) is 0. The Labute approximate surface area is 116 Å². The fraction of sp³-hybridized carbons (Fsp3) is 0.667. The Balaban J connectivity index is 2.62. The number of aromatic nitrogens is 1. The van der Waals surface area contributed by atoms with E-state index in [4.69, 9.17) is 15.2 Å². The lowest BCUT2D eigenvalue weighted by molar-refractivity contribution is -0.0333. The van der Waals surface area contributed by atoms with Gasteiger partial charge in [-0.3, -0.25) is 4.98 Å². The number of hydrogen-bond donors (Lipinski definition) is 1. The molecule has 0 radical (unpaired) electrons. The molecule has 108 valence electrons. The van der Waals surface area contributed by atoms with Crippen LogP contribution < -0.4 is 5.73 Å². The van der Waals surface area contributed by atoms with Crippen LogP contribution in [-0.4, -0.2) is 30.3 Å². The lowest BCUT2D eigenvalue weighted by Gasteiger charge is -2.27. The number of ether oxygens (including phenoxy) is 2. The highest BCUT2D eigenvalue weighted by atomic mass is 16.5. The van der Waals surface area contributed by atoms with E-state index in [0.717, 1.165) is 18.4 Å². The molecule has 0 aliphatic heterocycles. The largest absolute Gasteiger partial charge is 0.379 e. The van der Waals surface area contributed by atoms with E-state index < -0.39 is 0 Å². The molecular formula is C15H26N2O2. The summed E-state index contributed by atoms with van der Waals surface area (Å²) in [6, 6.07) is 3.90. The molecule has 1 heterocycles. The zero-order valence-corrected chi connectivity index (χ0v) is 12.4. The molecule has 1 aromatic rings. The first-order chi connectivity index (χ1) is 9.00. The molecular weight excluding hydrogens is 240 g/mol. The number of pyridine rings is 1. The molecule has 4 nitrogen and oxygen atoms in total. The molecule has 1 aromatic heterocycles. The van der Waals surface area contributed by atoms with E-state index in [1.54, 1.807) is 13.3 Å². The summed E-state index contributed by atoms with van der Waals surface area (Å²) in [5.74, 6) is 0. The van der Waals surface area contributed by atoms with Crippen molar-refractivity contribution in [1.82, 2.24) is 4.98 Å². The van der Waals surface area contributed by atoms with E-state index in [1.807, 2.05) is 18.3 Å². The summed E-state index contributed by atoms with van der Waals surface area (Å²) in [6.07, 6.45) is 5.17. The predicted molar refractivity (Wildman–Crippen MR) is 76.9 cm³/mol. The number of nitrogens with two attached hydrogens (primary N) is 1. The van der Waals surface area contributed by atoms with E-state index >= 15 is 0 Å². The van der Waals surface area contributed by atoms with Crippen LogP contribution in [0.3, 0.4) is 0 Å². The van der Waals surface area contributed by atoms with Gasteiger partial charge in [0.2, 0.25) is 0 Å². The monoisotopic (exact) mass is 266 g/mol. The Bertz CT molecular complexity index is 354. The third kappa shape index (κ3) is 5.27. The number of nitrogens with zero attached hydrogens (tertiary/aromatic N) is 1. The Morgan fingerprint density at radius 3 is 2.68 bits per heavy atom. The lowest BCUT2D eigenvalue weighted by Crippen LogP contribution is -2.31. The molecule has 2 unspecified atom stereocenters. The maximum Gasteiger partial charge on any atom is 0.0990 e. The summed E-state index contributed by atoms with van der Waals surface area (Å²) in [4.78, 5) is 4.14. The molecule has 2 N–H and O–H groups in total. The van der Waals surface area contributed by atoms with Crippen molar-refractivity contribution in [2.45, 2.75) is 51.4 Å². The Morgan fingerprint density at radius 2 is 2.16 bits per heavy atom. The van der Waals surface area contributed by atoms with Crippen molar-refractivity contribution in [1.29, 1.82) is 0 Å². The standard InChI is InChI=1S/C15H26N2O2/c1-5-13(16)14(12-7-6-9-17-11-12)19-10-8-15(2,3)18-4/h6-7,9,11,13-14H,5,8,10,16H2,1-4H3. The molecule has 0 saturated carbocycles. The van der Waals surface area contributed by atoms with Gasteiger partial charge in [-0.1, -0.05) is 13.0 Å². The number of rotatable bonds is 8. The molecule has 0 saturated heterocycles. The minimum Gasteiger partial charge on any atom is -0.379 e. The van der Waals surface area contributed by atoms with Gasteiger partial charge in [0.05, 0.1) is 18.3 Å². The smallest absolute Gasteiger partial charge is 0.0990 e. The zero-order valence-electron chi connectivity index (χ0n) is 12.4. The molecule has 0 aliphatic carbocycles. The van der Waals surface area contributed by atoms with Gasteiger partial charge >= 0.3 is 0 Å².